The molecule has 0 aliphatic carbocycles. The maximum absolute atomic E-state index is 11.2. The molecule has 0 saturated heterocycles. The van der Waals surface area contributed by atoms with Crippen molar-refractivity contribution in [3.8, 4) is 0 Å². The van der Waals surface area contributed by atoms with Crippen LogP contribution in [-0.4, -0.2) is 32.8 Å². The number of hydrogen-bond donors (Lipinski definition) is 3. The van der Waals surface area contributed by atoms with Crippen molar-refractivity contribution in [3.63, 3.8) is 0 Å². The Morgan fingerprint density at radius 1 is 1.19 bits per heavy atom. The maximum atomic E-state index is 11.2. The molecule has 0 unspecified atom stereocenters. The average molecular weight is 231 g/mol. The number of nitrogens with one attached hydrogen (secondary N) is 3. The van der Waals surface area contributed by atoms with Gasteiger partial charge in [-0.15, -0.1) is 0 Å². The van der Waals surface area contributed by atoms with Gasteiger partial charge in [-0.2, -0.15) is 0 Å². The Bertz CT molecular complexity index is 175. The summed E-state index contributed by atoms with van der Waals surface area (Å²) in [5, 5.41) is 5.51. The number of amides is 2. The molecule has 0 spiro atoms. The summed E-state index contributed by atoms with van der Waals surface area (Å²) in [7, 11) is 1.69. The molecule has 5 heteroatoms. The monoisotopic (exact) mass is 231 g/mol. The minimum atomic E-state index is -0.121. The maximum Gasteiger partial charge on any atom is 0.314 e. The van der Waals surface area contributed by atoms with Crippen molar-refractivity contribution in [1.82, 2.24) is 16.1 Å². The van der Waals surface area contributed by atoms with Crippen molar-refractivity contribution in [3.05, 3.63) is 0 Å². The summed E-state index contributed by atoms with van der Waals surface area (Å²) >= 11 is 0. The molecule has 16 heavy (non-hydrogen) atoms. The summed E-state index contributed by atoms with van der Waals surface area (Å²) in [6.45, 7) is 6.14. The normalized spacial score (nSPS) is 10.5. The molecule has 0 rings (SSSR count). The second kappa shape index (κ2) is 10.7. The van der Waals surface area contributed by atoms with Crippen LogP contribution in [0.25, 0.3) is 0 Å². The molecular formula is C11H25N3O2. The first-order valence-corrected chi connectivity index (χ1v) is 5.97. The lowest BCUT2D eigenvalue weighted by atomic mass is 10.1. The third-order valence-electron chi connectivity index (χ3n) is 2.13. The van der Waals surface area contributed by atoms with E-state index in [0.29, 0.717) is 13.2 Å². The SMILES string of the molecule is CNOCCNC(=O)NCCCCC(C)C. The third kappa shape index (κ3) is 11.3. The lowest BCUT2D eigenvalue weighted by molar-refractivity contribution is 0.0611. The van der Waals surface area contributed by atoms with Crippen LogP contribution in [0.3, 0.4) is 0 Å². The summed E-state index contributed by atoms with van der Waals surface area (Å²) in [5.41, 5.74) is 2.54. The van der Waals surface area contributed by atoms with Crippen molar-refractivity contribution in [2.24, 2.45) is 5.92 Å². The molecule has 0 fully saturated rings. The largest absolute Gasteiger partial charge is 0.338 e. The molecular weight excluding hydrogens is 206 g/mol. The van der Waals surface area contributed by atoms with Crippen molar-refractivity contribution < 1.29 is 9.63 Å². The number of rotatable bonds is 9. The fourth-order valence-corrected chi connectivity index (χ4v) is 1.26. The van der Waals surface area contributed by atoms with Crippen molar-refractivity contribution in [2.45, 2.75) is 33.1 Å². The molecule has 0 radical (unpaired) electrons. The minimum absolute atomic E-state index is 0.121. The van der Waals surface area contributed by atoms with Crippen LogP contribution in [0.1, 0.15) is 33.1 Å². The first-order chi connectivity index (χ1) is 7.66. The molecule has 0 bridgehead atoms. The lowest BCUT2D eigenvalue weighted by Gasteiger charge is -2.08. The fourth-order valence-electron chi connectivity index (χ4n) is 1.26. The van der Waals surface area contributed by atoms with Crippen LogP contribution in [0.4, 0.5) is 4.79 Å². The second-order valence-electron chi connectivity index (χ2n) is 4.12. The average Bonchev–Trinajstić information content (AvgIpc) is 2.23. The summed E-state index contributed by atoms with van der Waals surface area (Å²) < 4.78 is 0. The molecule has 0 aliphatic heterocycles. The molecule has 5 nitrogen and oxygen atoms in total. The van der Waals surface area contributed by atoms with E-state index in [1.807, 2.05) is 0 Å². The molecule has 0 aliphatic rings. The van der Waals surface area contributed by atoms with Gasteiger partial charge in [0.2, 0.25) is 0 Å². The van der Waals surface area contributed by atoms with Gasteiger partial charge in [-0.05, 0) is 12.3 Å². The number of hydroxylamine groups is 1. The quantitative estimate of drug-likeness (QED) is 0.413. The van der Waals surface area contributed by atoms with Gasteiger partial charge in [0, 0.05) is 20.1 Å². The third-order valence-corrected chi connectivity index (χ3v) is 2.13. The highest BCUT2D eigenvalue weighted by Crippen LogP contribution is 2.04. The molecule has 0 aromatic rings. The highest BCUT2D eigenvalue weighted by Gasteiger charge is 1.98. The fraction of sp³-hybridized carbons (Fsp3) is 0.909. The number of hydrogen-bond acceptors (Lipinski definition) is 3. The Hall–Kier alpha value is -0.810. The van der Waals surface area contributed by atoms with Crippen LogP contribution < -0.4 is 16.1 Å². The predicted molar refractivity (Wildman–Crippen MR) is 65.1 cm³/mol. The Kier molecular flexibility index (Phi) is 10.2. The zero-order chi connectivity index (χ0) is 12.2. The Morgan fingerprint density at radius 3 is 2.50 bits per heavy atom. The van der Waals surface area contributed by atoms with Crippen LogP contribution in [0, 0.1) is 5.92 Å². The van der Waals surface area contributed by atoms with Gasteiger partial charge in [-0.25, -0.2) is 10.3 Å². The molecule has 0 atom stereocenters. The van der Waals surface area contributed by atoms with Crippen molar-refractivity contribution >= 4 is 6.03 Å². The van der Waals surface area contributed by atoms with Crippen LogP contribution in [0.5, 0.6) is 0 Å². The number of carbonyl (C=O) groups is 1. The summed E-state index contributed by atoms with van der Waals surface area (Å²) in [6, 6.07) is -0.121. The minimum Gasteiger partial charge on any atom is -0.338 e. The van der Waals surface area contributed by atoms with Gasteiger partial charge in [0.25, 0.3) is 0 Å². The van der Waals surface area contributed by atoms with Gasteiger partial charge in [-0.1, -0.05) is 26.7 Å². The Balaban J connectivity index is 3.17. The predicted octanol–water partition coefficient (Wildman–Crippen LogP) is 1.26. The van der Waals surface area contributed by atoms with Crippen LogP contribution in [0.2, 0.25) is 0 Å². The Labute approximate surface area is 98.3 Å². The summed E-state index contributed by atoms with van der Waals surface area (Å²) in [5.74, 6) is 0.743. The highest BCUT2D eigenvalue weighted by molar-refractivity contribution is 5.73. The second-order valence-corrected chi connectivity index (χ2v) is 4.12. The van der Waals surface area contributed by atoms with Crippen LogP contribution in [0.15, 0.2) is 0 Å². The zero-order valence-electron chi connectivity index (χ0n) is 10.6. The number of carbonyl (C=O) groups excluding carboxylic acids is 1. The summed E-state index contributed by atoms with van der Waals surface area (Å²) in [6.07, 6.45) is 3.43. The Morgan fingerprint density at radius 2 is 1.88 bits per heavy atom. The van der Waals surface area contributed by atoms with E-state index in [0.717, 1.165) is 18.9 Å². The van der Waals surface area contributed by atoms with E-state index < -0.39 is 0 Å². The topological polar surface area (TPSA) is 62.4 Å². The van der Waals surface area contributed by atoms with E-state index in [-0.39, 0.29) is 6.03 Å². The van der Waals surface area contributed by atoms with E-state index in [9.17, 15) is 4.79 Å². The van der Waals surface area contributed by atoms with Crippen LogP contribution in [-0.2, 0) is 4.84 Å². The standard InChI is InChI=1S/C11H25N3O2/c1-10(2)6-4-5-7-13-11(15)14-8-9-16-12-3/h10,12H,4-9H2,1-3H3,(H2,13,14,15). The molecule has 0 heterocycles. The van der Waals surface area contributed by atoms with Gasteiger partial charge in [0.15, 0.2) is 0 Å². The van der Waals surface area contributed by atoms with Crippen LogP contribution >= 0.6 is 0 Å². The molecule has 2 amide bonds. The van der Waals surface area contributed by atoms with E-state index >= 15 is 0 Å². The van der Waals surface area contributed by atoms with Gasteiger partial charge in [0.1, 0.15) is 0 Å². The van der Waals surface area contributed by atoms with Gasteiger partial charge < -0.3 is 15.5 Å². The number of urea groups is 1. The smallest absolute Gasteiger partial charge is 0.314 e. The van der Waals surface area contributed by atoms with E-state index in [2.05, 4.69) is 30.0 Å². The first kappa shape index (κ1) is 15.2. The van der Waals surface area contributed by atoms with Gasteiger partial charge in [0.05, 0.1) is 6.61 Å². The molecule has 0 saturated carbocycles. The lowest BCUT2D eigenvalue weighted by Crippen LogP contribution is -2.38. The van der Waals surface area contributed by atoms with E-state index in [1.54, 1.807) is 7.05 Å². The van der Waals surface area contributed by atoms with Gasteiger partial charge in [-0.3, -0.25) is 0 Å². The van der Waals surface area contributed by atoms with E-state index in [4.69, 9.17) is 4.84 Å². The van der Waals surface area contributed by atoms with Crippen molar-refractivity contribution in [1.29, 1.82) is 0 Å². The van der Waals surface area contributed by atoms with Gasteiger partial charge >= 0.3 is 6.03 Å². The molecule has 0 aromatic heterocycles. The summed E-state index contributed by atoms with van der Waals surface area (Å²) in [4.78, 5) is 16.1. The van der Waals surface area contributed by atoms with E-state index in [1.165, 1.54) is 12.8 Å². The highest BCUT2D eigenvalue weighted by atomic mass is 16.6. The van der Waals surface area contributed by atoms with Crippen molar-refractivity contribution in [2.75, 3.05) is 26.7 Å². The zero-order valence-corrected chi connectivity index (χ0v) is 10.6. The first-order valence-electron chi connectivity index (χ1n) is 5.97. The molecule has 0 aromatic carbocycles. The molecule has 96 valence electrons. The molecule has 3 N–H and O–H groups in total. The number of unbranched alkanes of at least 4 members (excludes halogenated alkanes) is 1.